The number of carbonyl (C=O) groups is 4. The van der Waals surface area contributed by atoms with Crippen molar-refractivity contribution in [2.24, 2.45) is 0 Å². The third-order valence-corrected chi connectivity index (χ3v) is 7.94. The number of likely N-dealkylation sites (N-methyl/N-ethyl adjacent to an activating group) is 1. The van der Waals surface area contributed by atoms with Crippen molar-refractivity contribution in [3.63, 3.8) is 0 Å². The number of carboxylic acid groups (broad SMARTS) is 2. The quantitative estimate of drug-likeness (QED) is 0.352. The molecule has 2 aliphatic heterocycles. The van der Waals surface area contributed by atoms with E-state index in [0.29, 0.717) is 23.5 Å². The van der Waals surface area contributed by atoms with Crippen molar-refractivity contribution in [3.8, 4) is 6.07 Å². The molecule has 11 nitrogen and oxygen atoms in total. The number of aryl methyl sites for hydroxylation is 1. The van der Waals surface area contributed by atoms with E-state index in [1.54, 1.807) is 44.3 Å². The molecule has 2 saturated heterocycles. The predicted octanol–water partition coefficient (Wildman–Crippen LogP) is 5.34. The number of aromatic carboxylic acids is 1. The van der Waals surface area contributed by atoms with Crippen molar-refractivity contribution in [1.82, 2.24) is 9.88 Å². The molecule has 2 aliphatic rings. The number of pyridine rings is 1. The number of rotatable bonds is 4. The van der Waals surface area contributed by atoms with Crippen LogP contribution in [-0.4, -0.2) is 75.8 Å². The summed E-state index contributed by atoms with van der Waals surface area (Å²) in [6.45, 7) is 2.11. The van der Waals surface area contributed by atoms with E-state index in [9.17, 15) is 37.9 Å². The zero-order valence-corrected chi connectivity index (χ0v) is 24.9. The molecule has 2 atom stereocenters. The van der Waals surface area contributed by atoms with E-state index in [1.165, 1.54) is 29.3 Å². The third kappa shape index (κ3) is 6.22. The molecule has 0 bridgehead atoms. The van der Waals surface area contributed by atoms with Crippen LogP contribution in [0.4, 0.5) is 29.5 Å². The zero-order chi connectivity index (χ0) is 33.4. The second-order valence-corrected chi connectivity index (χ2v) is 11.0. The van der Waals surface area contributed by atoms with Crippen LogP contribution < -0.4 is 9.80 Å². The van der Waals surface area contributed by atoms with Gasteiger partial charge in [-0.15, -0.1) is 0 Å². The largest absolute Gasteiger partial charge is 0.490 e. The highest BCUT2D eigenvalue weighted by molar-refractivity contribution is 6.36. The molecule has 0 saturated carbocycles. The molecule has 0 radical (unpaired) electrons. The van der Waals surface area contributed by atoms with Gasteiger partial charge in [-0.2, -0.15) is 18.4 Å². The van der Waals surface area contributed by atoms with Crippen LogP contribution in [-0.2, 0) is 9.59 Å². The fraction of sp³-hybridized carbons (Fsp3) is 0.241. The van der Waals surface area contributed by atoms with Gasteiger partial charge in [-0.25, -0.2) is 24.3 Å². The number of halogens is 5. The van der Waals surface area contributed by atoms with Crippen LogP contribution in [0.5, 0.6) is 0 Å². The second kappa shape index (κ2) is 12.3. The van der Waals surface area contributed by atoms with Gasteiger partial charge in [0.05, 0.1) is 29.4 Å². The number of anilines is 2. The Morgan fingerprint density at radius 1 is 1.07 bits per heavy atom. The van der Waals surface area contributed by atoms with Crippen molar-refractivity contribution < 1.29 is 42.6 Å². The van der Waals surface area contributed by atoms with Crippen LogP contribution in [0.1, 0.15) is 33.0 Å². The van der Waals surface area contributed by atoms with Crippen molar-refractivity contribution in [1.29, 1.82) is 5.26 Å². The van der Waals surface area contributed by atoms with Gasteiger partial charge in [-0.05, 0) is 54.4 Å². The van der Waals surface area contributed by atoms with E-state index < -0.39 is 41.5 Å². The first-order valence-electron chi connectivity index (χ1n) is 12.8. The lowest BCUT2D eigenvalue weighted by molar-refractivity contribution is -0.192. The van der Waals surface area contributed by atoms with Crippen LogP contribution >= 0.6 is 23.2 Å². The first kappa shape index (κ1) is 33.0. The number of carbonyl (C=O) groups excluding carboxylic acids is 2. The Kier molecular flexibility index (Phi) is 9.00. The monoisotopic (exact) mass is 663 g/mol. The number of urea groups is 1. The number of amides is 3. The Morgan fingerprint density at radius 2 is 1.64 bits per heavy atom. The van der Waals surface area contributed by atoms with Gasteiger partial charge in [0.1, 0.15) is 11.4 Å². The van der Waals surface area contributed by atoms with E-state index in [0.717, 1.165) is 10.5 Å². The maximum absolute atomic E-state index is 14.3. The maximum atomic E-state index is 14.3. The normalized spacial score (nSPS) is 19.4. The minimum atomic E-state index is -5.08. The van der Waals surface area contributed by atoms with Gasteiger partial charge in [0.25, 0.3) is 5.91 Å². The standard InChI is InChI=1S/C27H21Cl2N5O4.C2HF3O2/c1-15-7-23(31-12-21(15)24(35)36)33-13-22(17-5-3-16(11-30)4-6-17)27(14-33)25(37)34(26(38)32(27)2)20-9-18(28)8-19(29)10-20;3-2(4,5)1(6)7/h3-10,12,22H,13-14H2,1-2H3,(H,35,36);(H,6,7)/t22-,27+;/m0./s1. The summed E-state index contributed by atoms with van der Waals surface area (Å²) in [7, 11) is 1.58. The summed E-state index contributed by atoms with van der Waals surface area (Å²) < 4.78 is 31.7. The van der Waals surface area contributed by atoms with E-state index in [1.807, 2.05) is 4.90 Å². The molecule has 2 fully saturated rings. The number of imide groups is 1. The Morgan fingerprint density at radius 3 is 2.13 bits per heavy atom. The minimum absolute atomic E-state index is 0.0829. The van der Waals surface area contributed by atoms with Gasteiger partial charge in [-0.3, -0.25) is 4.79 Å². The number of hydrogen-bond donors (Lipinski definition) is 2. The molecule has 0 unspecified atom stereocenters. The van der Waals surface area contributed by atoms with Crippen LogP contribution in [0, 0.1) is 18.3 Å². The lowest BCUT2D eigenvalue weighted by Gasteiger charge is -2.33. The van der Waals surface area contributed by atoms with Crippen molar-refractivity contribution in [2.75, 3.05) is 29.9 Å². The summed E-state index contributed by atoms with van der Waals surface area (Å²) in [5.74, 6) is -4.29. The van der Waals surface area contributed by atoms with Crippen molar-refractivity contribution in [3.05, 3.63) is 87.0 Å². The Bertz CT molecular complexity index is 1730. The number of aromatic nitrogens is 1. The van der Waals surface area contributed by atoms with E-state index in [2.05, 4.69) is 11.1 Å². The number of aliphatic carboxylic acids is 1. The Labute approximate surface area is 263 Å². The number of carboxylic acids is 2. The van der Waals surface area contributed by atoms with E-state index in [4.69, 9.17) is 33.1 Å². The molecule has 0 aliphatic carbocycles. The topological polar surface area (TPSA) is 155 Å². The molecule has 1 aromatic heterocycles. The molecular formula is C29H22Cl2F3N5O6. The summed E-state index contributed by atoms with van der Waals surface area (Å²) in [5, 5.41) is 26.4. The number of hydrogen-bond acceptors (Lipinski definition) is 7. The summed E-state index contributed by atoms with van der Waals surface area (Å²) in [4.78, 5) is 57.0. The summed E-state index contributed by atoms with van der Waals surface area (Å²) in [5.41, 5.74) is 0.787. The van der Waals surface area contributed by atoms with Gasteiger partial charge in [0, 0.05) is 35.8 Å². The average molecular weight is 664 g/mol. The molecule has 5 rings (SSSR count). The number of nitrogens with zero attached hydrogens (tertiary/aromatic N) is 5. The number of alkyl halides is 3. The molecule has 2 N–H and O–H groups in total. The van der Waals surface area contributed by atoms with E-state index >= 15 is 0 Å². The molecule has 45 heavy (non-hydrogen) atoms. The zero-order valence-electron chi connectivity index (χ0n) is 23.3. The van der Waals surface area contributed by atoms with Gasteiger partial charge < -0.3 is 20.0 Å². The molecule has 234 valence electrons. The first-order chi connectivity index (χ1) is 21.0. The minimum Gasteiger partial charge on any atom is -0.478 e. The Balaban J connectivity index is 0.000000591. The highest BCUT2D eigenvalue weighted by atomic mass is 35.5. The van der Waals surface area contributed by atoms with Crippen LogP contribution in [0.3, 0.4) is 0 Å². The molecule has 1 spiro atoms. The molecule has 3 amide bonds. The van der Waals surface area contributed by atoms with Gasteiger partial charge in [0.15, 0.2) is 0 Å². The van der Waals surface area contributed by atoms with Gasteiger partial charge >= 0.3 is 24.1 Å². The highest BCUT2D eigenvalue weighted by Crippen LogP contribution is 2.47. The van der Waals surface area contributed by atoms with Crippen LogP contribution in [0.2, 0.25) is 10.0 Å². The molecule has 3 aromatic rings. The summed E-state index contributed by atoms with van der Waals surface area (Å²) in [6, 6.07) is 14.7. The third-order valence-electron chi connectivity index (χ3n) is 7.50. The summed E-state index contributed by atoms with van der Waals surface area (Å²) >= 11 is 12.4. The lowest BCUT2D eigenvalue weighted by Crippen LogP contribution is -2.53. The van der Waals surface area contributed by atoms with E-state index in [-0.39, 0.29) is 27.8 Å². The fourth-order valence-corrected chi connectivity index (χ4v) is 5.83. The van der Waals surface area contributed by atoms with Gasteiger partial charge in [0.2, 0.25) is 0 Å². The molecule has 16 heteroatoms. The SMILES string of the molecule is Cc1cc(N2C[C@@H](c3ccc(C#N)cc3)[C@]3(C2)C(=O)N(c2cc(Cl)cc(Cl)c2)C(=O)N3C)ncc1C(=O)O.O=C(O)C(F)(F)F. The Hall–Kier alpha value is -4.87. The molecule has 2 aromatic carbocycles. The summed E-state index contributed by atoms with van der Waals surface area (Å²) in [6.07, 6.45) is -3.79. The molecule has 3 heterocycles. The van der Waals surface area contributed by atoms with Crippen LogP contribution in [0.25, 0.3) is 0 Å². The predicted molar refractivity (Wildman–Crippen MR) is 156 cm³/mol. The van der Waals surface area contributed by atoms with Crippen molar-refractivity contribution in [2.45, 2.75) is 24.6 Å². The second-order valence-electron chi connectivity index (χ2n) is 10.2. The van der Waals surface area contributed by atoms with Gasteiger partial charge in [-0.1, -0.05) is 35.3 Å². The smallest absolute Gasteiger partial charge is 0.478 e. The lowest BCUT2D eigenvalue weighted by atomic mass is 9.80. The molecular weight excluding hydrogens is 642 g/mol. The number of nitriles is 1. The van der Waals surface area contributed by atoms with Crippen molar-refractivity contribution >= 4 is 58.6 Å². The first-order valence-corrected chi connectivity index (χ1v) is 13.6. The maximum Gasteiger partial charge on any atom is 0.490 e. The van der Waals surface area contributed by atoms with Crippen LogP contribution in [0.15, 0.2) is 54.7 Å². The number of benzene rings is 2. The average Bonchev–Trinajstić information content (AvgIpc) is 3.45. The fourth-order valence-electron chi connectivity index (χ4n) is 5.32. The highest BCUT2D eigenvalue weighted by Gasteiger charge is 2.64.